The number of benzene rings is 1. The number of β-amino-alcohol motifs (C(OH)–C–C–N with tert-alkyl or cyclic N) is 1. The fourth-order valence-corrected chi connectivity index (χ4v) is 5.31. The lowest BCUT2D eigenvalue weighted by Crippen LogP contribution is -2.49. The molecule has 1 aromatic rings. The van der Waals surface area contributed by atoms with E-state index in [-0.39, 0.29) is 49.1 Å². The van der Waals surface area contributed by atoms with Crippen molar-refractivity contribution >= 4 is 15.7 Å². The first-order chi connectivity index (χ1) is 12.5. The van der Waals surface area contributed by atoms with E-state index < -0.39 is 31.6 Å². The minimum Gasteiger partial charge on any atom is -0.486 e. The van der Waals surface area contributed by atoms with E-state index in [4.69, 9.17) is 9.47 Å². The summed E-state index contributed by atoms with van der Waals surface area (Å²) in [4.78, 5) is 10.3. The van der Waals surface area contributed by atoms with Gasteiger partial charge in [0.25, 0.3) is 5.69 Å². The number of sulfonamides is 1. The summed E-state index contributed by atoms with van der Waals surface area (Å²) in [5, 5.41) is 21.9. The van der Waals surface area contributed by atoms with Crippen LogP contribution >= 0.6 is 0 Å². The Bertz CT molecular complexity index is 848. The van der Waals surface area contributed by atoms with E-state index in [0.717, 1.165) is 16.4 Å². The SMILES string of the molecule is CC(C)(C)[C@H]1CCN(S(=O)(=O)c2cc3c(cc2[N+](=O)[O-])OCCO3)C[C@H]1O. The van der Waals surface area contributed by atoms with Crippen molar-refractivity contribution in [3.05, 3.63) is 22.2 Å². The van der Waals surface area contributed by atoms with Gasteiger partial charge in [-0.1, -0.05) is 20.8 Å². The molecule has 0 radical (unpaired) electrons. The fourth-order valence-electron chi connectivity index (χ4n) is 3.68. The molecule has 9 nitrogen and oxygen atoms in total. The molecule has 1 fully saturated rings. The summed E-state index contributed by atoms with van der Waals surface area (Å²) >= 11 is 0. The van der Waals surface area contributed by atoms with Gasteiger partial charge in [0, 0.05) is 19.2 Å². The van der Waals surface area contributed by atoms with Crippen LogP contribution in [0.3, 0.4) is 0 Å². The Morgan fingerprint density at radius 2 is 1.81 bits per heavy atom. The second kappa shape index (κ2) is 6.92. The maximum atomic E-state index is 13.1. The van der Waals surface area contributed by atoms with Gasteiger partial charge in [0.15, 0.2) is 16.4 Å². The smallest absolute Gasteiger partial charge is 0.293 e. The van der Waals surface area contributed by atoms with Crippen LogP contribution in [-0.2, 0) is 10.0 Å². The van der Waals surface area contributed by atoms with Crippen LogP contribution in [0.1, 0.15) is 27.2 Å². The summed E-state index contributed by atoms with van der Waals surface area (Å²) in [5.41, 5.74) is -0.732. The number of hydrogen-bond donors (Lipinski definition) is 1. The van der Waals surface area contributed by atoms with E-state index in [1.807, 2.05) is 20.8 Å². The molecule has 0 aliphatic carbocycles. The van der Waals surface area contributed by atoms with Crippen molar-refractivity contribution in [3.63, 3.8) is 0 Å². The number of fused-ring (bicyclic) bond motifs is 1. The Hall–Kier alpha value is -1.91. The second-order valence-corrected chi connectivity index (χ2v) is 9.82. The molecule has 0 bridgehead atoms. The van der Waals surface area contributed by atoms with Crippen molar-refractivity contribution in [3.8, 4) is 11.5 Å². The van der Waals surface area contributed by atoms with Crippen molar-refractivity contribution in [2.24, 2.45) is 11.3 Å². The third kappa shape index (κ3) is 3.74. The first-order valence-corrected chi connectivity index (χ1v) is 10.2. The Kier molecular flexibility index (Phi) is 5.08. The molecule has 0 saturated carbocycles. The van der Waals surface area contributed by atoms with Crippen molar-refractivity contribution in [2.75, 3.05) is 26.3 Å². The molecule has 1 saturated heterocycles. The van der Waals surface area contributed by atoms with E-state index in [0.29, 0.717) is 6.42 Å². The Balaban J connectivity index is 1.97. The number of aliphatic hydroxyl groups is 1. The lowest BCUT2D eigenvalue weighted by molar-refractivity contribution is -0.388. The predicted molar refractivity (Wildman–Crippen MR) is 96.4 cm³/mol. The molecule has 2 heterocycles. The van der Waals surface area contributed by atoms with Gasteiger partial charge in [0.05, 0.1) is 17.1 Å². The molecule has 27 heavy (non-hydrogen) atoms. The predicted octanol–water partition coefficient (Wildman–Crippen LogP) is 1.78. The van der Waals surface area contributed by atoms with Crippen LogP contribution in [0.4, 0.5) is 5.69 Å². The molecule has 0 unspecified atom stereocenters. The van der Waals surface area contributed by atoms with Crippen LogP contribution in [0.15, 0.2) is 17.0 Å². The summed E-state index contributed by atoms with van der Waals surface area (Å²) in [6.45, 7) is 6.55. The number of nitro groups is 1. The molecule has 2 aliphatic heterocycles. The monoisotopic (exact) mass is 400 g/mol. The molecule has 2 atom stereocenters. The maximum absolute atomic E-state index is 13.1. The molecule has 1 N–H and O–H groups in total. The summed E-state index contributed by atoms with van der Waals surface area (Å²) in [5.74, 6) is 0.258. The molecule has 150 valence electrons. The van der Waals surface area contributed by atoms with Crippen LogP contribution in [0, 0.1) is 21.4 Å². The third-order valence-corrected chi connectivity index (χ3v) is 6.99. The normalized spacial score (nSPS) is 23.9. The molecule has 2 aliphatic rings. The molecule has 0 spiro atoms. The number of rotatable bonds is 3. The molecular weight excluding hydrogens is 376 g/mol. The van der Waals surface area contributed by atoms with E-state index >= 15 is 0 Å². The van der Waals surface area contributed by atoms with Crippen molar-refractivity contribution in [1.29, 1.82) is 0 Å². The minimum atomic E-state index is -4.18. The number of nitrogens with zero attached hydrogens (tertiary/aromatic N) is 2. The molecule has 3 rings (SSSR count). The zero-order valence-electron chi connectivity index (χ0n) is 15.5. The minimum absolute atomic E-state index is 0.0563. The highest BCUT2D eigenvalue weighted by atomic mass is 32.2. The van der Waals surface area contributed by atoms with Gasteiger partial charge >= 0.3 is 0 Å². The van der Waals surface area contributed by atoms with Gasteiger partial charge < -0.3 is 14.6 Å². The van der Waals surface area contributed by atoms with Crippen molar-refractivity contribution in [2.45, 2.75) is 38.2 Å². The summed E-state index contributed by atoms with van der Waals surface area (Å²) < 4.78 is 38.0. The number of aliphatic hydroxyl groups excluding tert-OH is 1. The van der Waals surface area contributed by atoms with Gasteiger partial charge in [-0.2, -0.15) is 4.31 Å². The van der Waals surface area contributed by atoms with Gasteiger partial charge in [-0.05, 0) is 17.8 Å². The standard InChI is InChI=1S/C17H24N2O7S/c1-17(2,3)11-4-5-18(10-13(11)20)27(23,24)16-9-15-14(25-6-7-26-15)8-12(16)19(21)22/h8-9,11,13,20H,4-7,10H2,1-3H3/t11-,13+/m0/s1. The van der Waals surface area contributed by atoms with Crippen molar-refractivity contribution in [1.82, 2.24) is 4.31 Å². The quantitative estimate of drug-likeness (QED) is 0.607. The van der Waals surface area contributed by atoms with Crippen LogP contribution in [0.5, 0.6) is 11.5 Å². The van der Waals surface area contributed by atoms with Crippen LogP contribution in [-0.4, -0.2) is 55.2 Å². The largest absolute Gasteiger partial charge is 0.486 e. The number of nitro benzene ring substituents is 1. The van der Waals surface area contributed by atoms with Gasteiger partial charge in [-0.3, -0.25) is 10.1 Å². The van der Waals surface area contributed by atoms with Crippen LogP contribution in [0.2, 0.25) is 0 Å². The van der Waals surface area contributed by atoms with E-state index in [1.54, 1.807) is 0 Å². The van der Waals surface area contributed by atoms with Gasteiger partial charge in [0.1, 0.15) is 13.2 Å². The van der Waals surface area contributed by atoms with E-state index in [1.165, 1.54) is 0 Å². The Labute approximate surface area is 158 Å². The average molecular weight is 400 g/mol. The third-order valence-electron chi connectivity index (χ3n) is 5.10. The van der Waals surface area contributed by atoms with Crippen LogP contribution in [0.25, 0.3) is 0 Å². The maximum Gasteiger partial charge on any atom is 0.293 e. The molecule has 0 aromatic heterocycles. The topological polar surface area (TPSA) is 119 Å². The lowest BCUT2D eigenvalue weighted by Gasteiger charge is -2.41. The molecule has 10 heteroatoms. The number of ether oxygens (including phenoxy) is 2. The Morgan fingerprint density at radius 1 is 1.22 bits per heavy atom. The van der Waals surface area contributed by atoms with E-state index in [2.05, 4.69) is 0 Å². The number of hydrogen-bond acceptors (Lipinski definition) is 7. The summed E-state index contributed by atoms with van der Waals surface area (Å²) in [6.07, 6.45) is -0.368. The molecular formula is C17H24N2O7S. The Morgan fingerprint density at radius 3 is 2.33 bits per heavy atom. The first kappa shape index (κ1) is 19.8. The highest BCUT2D eigenvalue weighted by molar-refractivity contribution is 7.89. The summed E-state index contributed by atoms with van der Waals surface area (Å²) in [6, 6.07) is 2.23. The summed E-state index contributed by atoms with van der Waals surface area (Å²) in [7, 11) is -4.18. The van der Waals surface area contributed by atoms with E-state index in [9.17, 15) is 23.6 Å². The van der Waals surface area contributed by atoms with Crippen LogP contribution < -0.4 is 9.47 Å². The average Bonchev–Trinajstić information content (AvgIpc) is 2.59. The second-order valence-electron chi connectivity index (χ2n) is 7.91. The molecule has 1 aromatic carbocycles. The highest BCUT2D eigenvalue weighted by Gasteiger charge is 2.42. The van der Waals surface area contributed by atoms with Gasteiger partial charge in [0.2, 0.25) is 10.0 Å². The van der Waals surface area contributed by atoms with Crippen molar-refractivity contribution < 1.29 is 27.9 Å². The number of piperidine rings is 1. The molecule has 0 amide bonds. The zero-order valence-corrected chi connectivity index (χ0v) is 16.4. The zero-order chi connectivity index (χ0) is 20.0. The lowest BCUT2D eigenvalue weighted by atomic mass is 9.74. The fraction of sp³-hybridized carbons (Fsp3) is 0.647. The highest BCUT2D eigenvalue weighted by Crippen LogP contribution is 2.41. The van der Waals surface area contributed by atoms with Gasteiger partial charge in [-0.25, -0.2) is 8.42 Å². The van der Waals surface area contributed by atoms with Gasteiger partial charge in [-0.15, -0.1) is 0 Å². The first-order valence-electron chi connectivity index (χ1n) is 8.78.